The van der Waals surface area contributed by atoms with Crippen molar-refractivity contribution in [3.05, 3.63) is 52.6 Å². The van der Waals surface area contributed by atoms with E-state index >= 15 is 0 Å². The molecule has 0 amide bonds. The molecular weight excluding hydrogens is 500 g/mol. The molecule has 0 saturated carbocycles. The van der Waals surface area contributed by atoms with Crippen LogP contribution in [0.5, 0.6) is 23.0 Å². The van der Waals surface area contributed by atoms with Crippen molar-refractivity contribution in [1.82, 2.24) is 0 Å². The fourth-order valence-corrected chi connectivity index (χ4v) is 5.06. The summed E-state index contributed by atoms with van der Waals surface area (Å²) >= 11 is 0. The number of Topliss-reactive ketones (excluding diaryl/α,β-unsaturated/α-hetero) is 1. The van der Waals surface area contributed by atoms with E-state index in [0.29, 0.717) is 66.7 Å². The highest BCUT2D eigenvalue weighted by Crippen LogP contribution is 2.48. The fraction of sp³-hybridized carbons (Fsp3) is 0.452. The van der Waals surface area contributed by atoms with Gasteiger partial charge < -0.3 is 24.1 Å². The Morgan fingerprint density at radius 2 is 1.82 bits per heavy atom. The smallest absolute Gasteiger partial charge is 0.342 e. The lowest BCUT2D eigenvalue weighted by molar-refractivity contribution is -0.135. The van der Waals surface area contributed by atoms with E-state index < -0.39 is 24.0 Å². The van der Waals surface area contributed by atoms with Crippen molar-refractivity contribution < 1.29 is 38.4 Å². The van der Waals surface area contributed by atoms with E-state index in [9.17, 15) is 19.5 Å². The van der Waals surface area contributed by atoms with Gasteiger partial charge >= 0.3 is 11.9 Å². The Labute approximate surface area is 228 Å². The molecule has 2 heterocycles. The Hall–Kier alpha value is -3.81. The van der Waals surface area contributed by atoms with Crippen LogP contribution in [0.2, 0.25) is 0 Å². The van der Waals surface area contributed by atoms with Crippen LogP contribution in [0.15, 0.2) is 30.3 Å². The van der Waals surface area contributed by atoms with Gasteiger partial charge in [-0.25, -0.2) is 4.79 Å². The van der Waals surface area contributed by atoms with E-state index in [1.807, 2.05) is 26.0 Å². The van der Waals surface area contributed by atoms with Crippen LogP contribution in [-0.2, 0) is 14.3 Å². The number of rotatable bonds is 4. The lowest BCUT2D eigenvalue weighted by Crippen LogP contribution is -2.23. The maximum atomic E-state index is 13.4. The van der Waals surface area contributed by atoms with Crippen LogP contribution < -0.4 is 14.2 Å². The molecule has 0 aromatic heterocycles. The summed E-state index contributed by atoms with van der Waals surface area (Å²) in [6, 6.07) is 6.96. The first-order valence-electron chi connectivity index (χ1n) is 13.5. The fourth-order valence-electron chi connectivity index (χ4n) is 5.06. The molecule has 0 fully saturated rings. The highest BCUT2D eigenvalue weighted by atomic mass is 16.5. The number of carbonyl (C=O) groups is 3. The van der Waals surface area contributed by atoms with Crippen LogP contribution in [0.3, 0.4) is 0 Å². The van der Waals surface area contributed by atoms with Crippen LogP contribution in [0.1, 0.15) is 98.7 Å². The van der Waals surface area contributed by atoms with E-state index in [1.54, 1.807) is 38.3 Å². The normalized spacial score (nSPS) is 20.4. The van der Waals surface area contributed by atoms with Gasteiger partial charge in [0.2, 0.25) is 0 Å². The molecule has 0 bridgehead atoms. The Morgan fingerprint density at radius 3 is 2.56 bits per heavy atom. The molecule has 8 heteroatoms. The number of aromatic hydroxyl groups is 1. The topological polar surface area (TPSA) is 108 Å². The number of hydrogen-bond donors (Lipinski definition) is 1. The minimum Gasteiger partial charge on any atom is -0.507 e. The summed E-state index contributed by atoms with van der Waals surface area (Å²) in [6.07, 6.45) is 6.41. The Morgan fingerprint density at radius 1 is 1.05 bits per heavy atom. The number of carbonyl (C=O) groups excluding carboxylic acids is 3. The number of esters is 2. The molecule has 0 saturated heterocycles. The third-order valence-corrected chi connectivity index (χ3v) is 6.93. The van der Waals surface area contributed by atoms with Crippen molar-refractivity contribution in [2.24, 2.45) is 0 Å². The minimum atomic E-state index is -0.667. The molecular formula is C31H36O8. The first kappa shape index (κ1) is 28.2. The molecule has 208 valence electrons. The summed E-state index contributed by atoms with van der Waals surface area (Å²) in [6.45, 7) is 5.58. The molecule has 4 rings (SSSR count). The van der Waals surface area contributed by atoms with Crippen LogP contribution in [0, 0.1) is 0 Å². The Kier molecular flexibility index (Phi) is 8.94. The number of phenols is 1. The van der Waals surface area contributed by atoms with Crippen molar-refractivity contribution in [1.29, 1.82) is 0 Å². The van der Waals surface area contributed by atoms with Crippen molar-refractivity contribution in [2.75, 3.05) is 7.11 Å². The standard InChI is InChI=1S/C31H36O8/c1-18(2)37-25-15-20(13-14-24(25)36-4)23-17-27(33)39-26-16-21-10-6-5-7-11-22(32)12-8-9-19(3)38-31(35)28(21)30(34)29(23)26/h6,10,13-16,18-19,23,34H,5,7-9,11-12,17H2,1-4H3/t19-,23-/m1/s1. The molecule has 0 aliphatic carbocycles. The number of cyclic esters (lactones) is 1. The monoisotopic (exact) mass is 536 g/mol. The quantitative estimate of drug-likeness (QED) is 0.368. The van der Waals surface area contributed by atoms with E-state index in [2.05, 4.69) is 0 Å². The van der Waals surface area contributed by atoms with Gasteiger partial charge in [-0.3, -0.25) is 9.59 Å². The maximum Gasteiger partial charge on any atom is 0.342 e. The number of allylic oxidation sites excluding steroid dienone is 1. The zero-order valence-electron chi connectivity index (χ0n) is 23.0. The van der Waals surface area contributed by atoms with E-state index in [1.165, 1.54) is 0 Å². The molecule has 8 nitrogen and oxygen atoms in total. The van der Waals surface area contributed by atoms with Gasteiger partial charge in [-0.2, -0.15) is 0 Å². The van der Waals surface area contributed by atoms with E-state index in [0.717, 1.165) is 0 Å². The number of hydrogen-bond acceptors (Lipinski definition) is 8. The SMILES string of the molecule is COc1ccc([C@H]2CC(=O)Oc3cc4c(c(O)c32)C(=O)O[C@H](C)CCCC(=O)CCCC=C4)cc1OC(C)C. The highest BCUT2D eigenvalue weighted by Gasteiger charge is 2.36. The molecule has 2 atom stereocenters. The predicted molar refractivity (Wildman–Crippen MR) is 146 cm³/mol. The Bertz CT molecular complexity index is 1280. The zero-order chi connectivity index (χ0) is 28.1. The van der Waals surface area contributed by atoms with Crippen LogP contribution in [0.4, 0.5) is 0 Å². The second kappa shape index (κ2) is 12.4. The van der Waals surface area contributed by atoms with Crippen LogP contribution in [-0.4, -0.2) is 42.1 Å². The molecule has 0 radical (unpaired) electrons. The van der Waals surface area contributed by atoms with Gasteiger partial charge in [0, 0.05) is 24.3 Å². The predicted octanol–water partition coefficient (Wildman–Crippen LogP) is 6.11. The summed E-state index contributed by atoms with van der Waals surface area (Å²) < 4.78 is 22.6. The van der Waals surface area contributed by atoms with Gasteiger partial charge in [-0.05, 0) is 75.8 Å². The van der Waals surface area contributed by atoms with Gasteiger partial charge in [0.25, 0.3) is 0 Å². The minimum absolute atomic E-state index is 0.0257. The first-order chi connectivity index (χ1) is 18.7. The lowest BCUT2D eigenvalue weighted by atomic mass is 9.83. The summed E-state index contributed by atoms with van der Waals surface area (Å²) in [5.41, 5.74) is 1.47. The van der Waals surface area contributed by atoms with Gasteiger partial charge in [0.05, 0.1) is 25.7 Å². The van der Waals surface area contributed by atoms with Gasteiger partial charge in [-0.15, -0.1) is 0 Å². The molecule has 2 aromatic carbocycles. The van der Waals surface area contributed by atoms with Crippen LogP contribution >= 0.6 is 0 Å². The highest BCUT2D eigenvalue weighted by molar-refractivity contribution is 5.98. The van der Waals surface area contributed by atoms with Crippen molar-refractivity contribution in [2.45, 2.75) is 83.8 Å². The van der Waals surface area contributed by atoms with Crippen LogP contribution in [0.25, 0.3) is 6.08 Å². The van der Waals surface area contributed by atoms with E-state index in [4.69, 9.17) is 18.9 Å². The molecule has 2 aliphatic heterocycles. The van der Waals surface area contributed by atoms with E-state index in [-0.39, 0.29) is 35.4 Å². The molecule has 39 heavy (non-hydrogen) atoms. The average molecular weight is 537 g/mol. The van der Waals surface area contributed by atoms with Crippen molar-refractivity contribution in [3.63, 3.8) is 0 Å². The maximum absolute atomic E-state index is 13.4. The number of phenolic OH excluding ortho intramolecular Hbond substituents is 1. The van der Waals surface area contributed by atoms with Crippen molar-refractivity contribution >= 4 is 23.8 Å². The Balaban J connectivity index is 1.82. The van der Waals surface area contributed by atoms with Gasteiger partial charge in [-0.1, -0.05) is 18.2 Å². The summed E-state index contributed by atoms with van der Waals surface area (Å²) in [5.74, 6) is -0.525. The molecule has 0 unspecified atom stereocenters. The first-order valence-corrected chi connectivity index (χ1v) is 13.5. The number of ketones is 1. The molecule has 1 N–H and O–H groups in total. The third kappa shape index (κ3) is 6.61. The summed E-state index contributed by atoms with van der Waals surface area (Å²) in [5, 5.41) is 11.6. The van der Waals surface area contributed by atoms with Crippen molar-refractivity contribution in [3.8, 4) is 23.0 Å². The molecule has 0 spiro atoms. The number of methoxy groups -OCH3 is 1. The van der Waals surface area contributed by atoms with Gasteiger partial charge in [0.1, 0.15) is 22.8 Å². The summed E-state index contributed by atoms with van der Waals surface area (Å²) in [4.78, 5) is 38.2. The molecule has 2 aromatic rings. The largest absolute Gasteiger partial charge is 0.507 e. The number of fused-ring (bicyclic) bond motifs is 2. The lowest BCUT2D eigenvalue weighted by Gasteiger charge is -2.28. The summed E-state index contributed by atoms with van der Waals surface area (Å²) in [7, 11) is 1.55. The molecule has 2 aliphatic rings. The second-order valence-electron chi connectivity index (χ2n) is 10.4. The third-order valence-electron chi connectivity index (χ3n) is 6.93. The van der Waals surface area contributed by atoms with Gasteiger partial charge in [0.15, 0.2) is 11.5 Å². The number of benzene rings is 2. The second-order valence-corrected chi connectivity index (χ2v) is 10.4. The zero-order valence-corrected chi connectivity index (χ0v) is 23.0. The average Bonchev–Trinajstić information content (AvgIpc) is 2.87. The number of ether oxygens (including phenoxy) is 4.